The van der Waals surface area contributed by atoms with Crippen molar-refractivity contribution in [3.63, 3.8) is 0 Å². The molecule has 0 N–H and O–H groups in total. The Hall–Kier alpha value is -1.36. The van der Waals surface area contributed by atoms with Crippen LogP contribution in [-0.4, -0.2) is 43.1 Å². The average molecular weight is 537 g/mol. The number of fused-ring (bicyclic) bond motifs is 1. The summed E-state index contributed by atoms with van der Waals surface area (Å²) in [5.74, 6) is 1.01. The molecule has 0 saturated carbocycles. The topological polar surface area (TPSA) is 54.0 Å². The van der Waals surface area contributed by atoms with E-state index in [2.05, 4.69) is 65.0 Å². The van der Waals surface area contributed by atoms with Gasteiger partial charge in [-0.05, 0) is 116 Å². The summed E-state index contributed by atoms with van der Waals surface area (Å²) in [6.45, 7) is 21.6. The first-order chi connectivity index (χ1) is 16.0. The van der Waals surface area contributed by atoms with Crippen LogP contribution in [0.15, 0.2) is 18.2 Å². The predicted molar refractivity (Wildman–Crippen MR) is 154 cm³/mol. The first-order valence-electron chi connectivity index (χ1n) is 13.1. The fourth-order valence-corrected chi connectivity index (χ4v) is 7.03. The number of esters is 1. The fraction of sp³-hybridized carbons (Fsp3) is 0.667. The minimum absolute atomic E-state index is 0.174. The maximum absolute atomic E-state index is 13.5. The molecule has 5 nitrogen and oxygen atoms in total. The molecule has 0 amide bonds. The normalized spacial score (nSPS) is 21.9. The zero-order valence-corrected chi connectivity index (χ0v) is 26.7. The molecule has 0 spiro atoms. The van der Waals surface area contributed by atoms with Gasteiger partial charge in [-0.15, -0.1) is 0 Å². The van der Waals surface area contributed by atoms with Crippen LogP contribution in [0.1, 0.15) is 61.4 Å². The molecule has 198 valence electrons. The van der Waals surface area contributed by atoms with Crippen molar-refractivity contribution in [2.45, 2.75) is 117 Å². The molecule has 1 aliphatic rings. The van der Waals surface area contributed by atoms with E-state index in [1.807, 2.05) is 25.1 Å². The van der Waals surface area contributed by atoms with E-state index in [-0.39, 0.29) is 18.2 Å². The van der Waals surface area contributed by atoms with Crippen LogP contribution in [0.25, 0.3) is 6.08 Å². The average Bonchev–Trinajstić information content (AvgIpc) is 2.62. The molecule has 2 atom stereocenters. The molecule has 8 heteroatoms. The molecule has 0 aliphatic carbocycles. The smallest absolute Gasteiger partial charge is 0.342 e. The van der Waals surface area contributed by atoms with Gasteiger partial charge in [0.1, 0.15) is 17.1 Å². The molecular weight excluding hydrogens is 489 g/mol. The fourth-order valence-electron chi connectivity index (χ4n) is 4.15. The van der Waals surface area contributed by atoms with E-state index in [0.717, 1.165) is 49.8 Å². The van der Waals surface area contributed by atoms with Crippen molar-refractivity contribution in [1.82, 2.24) is 0 Å². The van der Waals surface area contributed by atoms with Gasteiger partial charge in [0.05, 0.1) is 6.10 Å². The summed E-state index contributed by atoms with van der Waals surface area (Å²) < 4.78 is 25.2. The van der Waals surface area contributed by atoms with E-state index in [4.69, 9.17) is 18.0 Å². The number of rotatable bonds is 6. The Morgan fingerprint density at radius 3 is 2.06 bits per heavy atom. The number of hydrogen-bond donors (Lipinski definition) is 0. The Labute approximate surface area is 217 Å². The molecule has 1 aromatic carbocycles. The van der Waals surface area contributed by atoms with E-state index in [0.29, 0.717) is 11.3 Å². The van der Waals surface area contributed by atoms with Crippen LogP contribution in [0.2, 0.25) is 58.9 Å². The highest BCUT2D eigenvalue weighted by atomic mass is 28.4. The van der Waals surface area contributed by atoms with Gasteiger partial charge in [0.25, 0.3) is 0 Å². The summed E-state index contributed by atoms with van der Waals surface area (Å²) in [5, 5.41) is 0. The molecule has 0 bridgehead atoms. The van der Waals surface area contributed by atoms with Gasteiger partial charge in [0, 0.05) is 12.2 Å². The van der Waals surface area contributed by atoms with Gasteiger partial charge >= 0.3 is 5.97 Å². The van der Waals surface area contributed by atoms with Crippen molar-refractivity contribution < 1.29 is 22.8 Å². The van der Waals surface area contributed by atoms with Gasteiger partial charge in [-0.25, -0.2) is 4.79 Å². The molecule has 2 rings (SSSR count). The third kappa shape index (κ3) is 11.5. The highest BCUT2D eigenvalue weighted by Gasteiger charge is 2.28. The molecule has 0 fully saturated rings. The number of cyclic esters (lactones) is 1. The monoisotopic (exact) mass is 536 g/mol. The van der Waals surface area contributed by atoms with Crippen molar-refractivity contribution in [3.8, 4) is 11.5 Å². The Balaban J connectivity index is 2.46. The predicted octanol–water partition coefficient (Wildman–Crippen LogP) is 8.25. The second-order valence-electron chi connectivity index (χ2n) is 12.6. The SMILES string of the molecule is CC1CCCC(O[Si](C)(C)C)CCC/C=C\c2cc(O[Si](C)(C)C)cc(O[Si](C)(C)C)c2C(=O)O1. The third-order valence-electron chi connectivity index (χ3n) is 5.31. The molecule has 0 aromatic heterocycles. The van der Waals surface area contributed by atoms with Gasteiger partial charge in [-0.3, -0.25) is 0 Å². The van der Waals surface area contributed by atoms with Crippen molar-refractivity contribution in [3.05, 3.63) is 29.3 Å². The largest absolute Gasteiger partial charge is 0.544 e. The van der Waals surface area contributed by atoms with Gasteiger partial charge in [-0.2, -0.15) is 0 Å². The summed E-state index contributed by atoms with van der Waals surface area (Å²) in [4.78, 5) is 13.5. The van der Waals surface area contributed by atoms with Crippen LogP contribution in [0.3, 0.4) is 0 Å². The molecular formula is C27H48O5Si3. The molecule has 1 aliphatic heterocycles. The number of benzene rings is 1. The minimum atomic E-state index is -1.98. The first kappa shape index (κ1) is 29.9. The van der Waals surface area contributed by atoms with Crippen LogP contribution < -0.4 is 8.85 Å². The van der Waals surface area contributed by atoms with Crippen LogP contribution in [0.5, 0.6) is 11.5 Å². The number of hydrogen-bond acceptors (Lipinski definition) is 5. The van der Waals surface area contributed by atoms with Gasteiger partial charge in [-0.1, -0.05) is 12.2 Å². The lowest BCUT2D eigenvalue weighted by Crippen LogP contribution is -2.32. The number of carbonyl (C=O) groups excluding carboxylic acids is 1. The van der Waals surface area contributed by atoms with Crippen LogP contribution in [0, 0.1) is 0 Å². The van der Waals surface area contributed by atoms with E-state index in [1.54, 1.807) is 0 Å². The van der Waals surface area contributed by atoms with Crippen molar-refractivity contribution >= 4 is 37.0 Å². The molecule has 35 heavy (non-hydrogen) atoms. The number of ether oxygens (including phenoxy) is 1. The van der Waals surface area contributed by atoms with Crippen molar-refractivity contribution in [2.75, 3.05) is 0 Å². The van der Waals surface area contributed by atoms with Crippen molar-refractivity contribution in [1.29, 1.82) is 0 Å². The lowest BCUT2D eigenvalue weighted by Gasteiger charge is -2.27. The van der Waals surface area contributed by atoms with Gasteiger partial charge in [0.2, 0.25) is 16.6 Å². The summed E-state index contributed by atoms with van der Waals surface area (Å²) in [6, 6.07) is 3.85. The van der Waals surface area contributed by atoms with Crippen LogP contribution in [-0.2, 0) is 9.16 Å². The molecule has 2 unspecified atom stereocenters. The van der Waals surface area contributed by atoms with Crippen molar-refractivity contribution in [2.24, 2.45) is 0 Å². The van der Waals surface area contributed by atoms with E-state index in [1.165, 1.54) is 0 Å². The Kier molecular flexibility index (Phi) is 10.5. The highest BCUT2D eigenvalue weighted by molar-refractivity contribution is 6.71. The van der Waals surface area contributed by atoms with Gasteiger partial charge in [0.15, 0.2) is 8.32 Å². The zero-order valence-electron chi connectivity index (χ0n) is 23.7. The summed E-state index contributed by atoms with van der Waals surface area (Å²) in [5.41, 5.74) is 1.31. The quantitative estimate of drug-likeness (QED) is 0.271. The number of allylic oxidation sites excluding steroid dienone is 1. The Morgan fingerprint density at radius 1 is 0.829 bits per heavy atom. The number of carbonyl (C=O) groups is 1. The second-order valence-corrected chi connectivity index (χ2v) is 26.0. The highest BCUT2D eigenvalue weighted by Crippen LogP contribution is 2.34. The lowest BCUT2D eigenvalue weighted by molar-refractivity contribution is 0.0310. The Bertz CT molecular complexity index is 879. The van der Waals surface area contributed by atoms with Crippen LogP contribution in [0.4, 0.5) is 0 Å². The first-order valence-corrected chi connectivity index (χ1v) is 23.4. The lowest BCUT2D eigenvalue weighted by atomic mass is 10.0. The molecule has 1 aromatic rings. The van der Waals surface area contributed by atoms with Gasteiger partial charge < -0.3 is 18.0 Å². The maximum atomic E-state index is 13.5. The Morgan fingerprint density at radius 2 is 1.46 bits per heavy atom. The summed E-state index contributed by atoms with van der Waals surface area (Å²) in [6.07, 6.45) is 10.2. The molecule has 1 heterocycles. The summed E-state index contributed by atoms with van der Waals surface area (Å²) in [7, 11) is -5.43. The van der Waals surface area contributed by atoms with E-state index < -0.39 is 25.0 Å². The summed E-state index contributed by atoms with van der Waals surface area (Å²) >= 11 is 0. The molecule has 0 saturated heterocycles. The van der Waals surface area contributed by atoms with E-state index >= 15 is 0 Å². The third-order valence-corrected chi connectivity index (χ3v) is 8.03. The minimum Gasteiger partial charge on any atom is -0.544 e. The standard InChI is InChI=1S/C27H48O5Si3/c1-21-15-14-18-23(30-33(2,3)4)17-13-11-12-16-22-19-24(31-34(5,6)7)20-25(32-35(8,9)10)26(22)27(28)29-21/h12,16,19-21,23H,11,13-15,17-18H2,1-10H3/b16-12-. The van der Waals surface area contributed by atoms with Crippen LogP contribution >= 0.6 is 0 Å². The zero-order chi connectivity index (χ0) is 26.4. The molecule has 0 radical (unpaired) electrons. The maximum Gasteiger partial charge on any atom is 0.342 e. The second kappa shape index (κ2) is 12.3. The van der Waals surface area contributed by atoms with E-state index in [9.17, 15) is 4.79 Å².